The molecule has 116 valence electrons. The smallest absolute Gasteiger partial charge is 0.227 e. The van der Waals surface area contributed by atoms with Crippen LogP contribution in [0.2, 0.25) is 0 Å². The Balaban J connectivity index is 1.77. The van der Waals surface area contributed by atoms with Crippen LogP contribution in [-0.4, -0.2) is 48.8 Å². The van der Waals surface area contributed by atoms with E-state index in [1.807, 2.05) is 19.0 Å². The summed E-state index contributed by atoms with van der Waals surface area (Å²) in [5.41, 5.74) is 0.0586. The quantitative estimate of drug-likeness (QED) is 0.730. The van der Waals surface area contributed by atoms with E-state index in [1.54, 1.807) is 4.90 Å². The molecule has 1 saturated carbocycles. The van der Waals surface area contributed by atoms with E-state index < -0.39 is 0 Å². The van der Waals surface area contributed by atoms with E-state index in [0.29, 0.717) is 6.54 Å². The molecule has 4 heteroatoms. The minimum absolute atomic E-state index is 0.00770. The van der Waals surface area contributed by atoms with Crippen LogP contribution >= 0.6 is 0 Å². The Morgan fingerprint density at radius 1 is 1.14 bits per heavy atom. The van der Waals surface area contributed by atoms with Gasteiger partial charge in [0, 0.05) is 38.5 Å². The number of carbonyl (C=O) groups excluding carboxylic acids is 2. The Kier molecular flexibility index (Phi) is 3.80. The van der Waals surface area contributed by atoms with Gasteiger partial charge in [-0.2, -0.15) is 0 Å². The van der Waals surface area contributed by atoms with Gasteiger partial charge in [0.05, 0.1) is 5.92 Å². The third-order valence-electron chi connectivity index (χ3n) is 5.65. The largest absolute Gasteiger partial charge is 0.349 e. The normalized spacial score (nSPS) is 27.7. The molecule has 1 heterocycles. The van der Waals surface area contributed by atoms with Crippen LogP contribution in [0.5, 0.6) is 0 Å². The lowest BCUT2D eigenvalue weighted by Crippen LogP contribution is -2.39. The summed E-state index contributed by atoms with van der Waals surface area (Å²) >= 11 is 0. The lowest BCUT2D eigenvalue weighted by molar-refractivity contribution is -0.136. The number of likely N-dealkylation sites (tertiary alicyclic amines) is 1. The van der Waals surface area contributed by atoms with Gasteiger partial charge in [-0.3, -0.25) is 9.59 Å². The summed E-state index contributed by atoms with van der Waals surface area (Å²) in [6.45, 7) is 1.43. The summed E-state index contributed by atoms with van der Waals surface area (Å²) in [5, 5.41) is 0. The van der Waals surface area contributed by atoms with E-state index >= 15 is 0 Å². The van der Waals surface area contributed by atoms with Crippen molar-refractivity contribution < 1.29 is 9.59 Å². The number of amides is 2. The molecule has 0 aromatic heterocycles. The fraction of sp³-hybridized carbons (Fsp3) is 0.765. The van der Waals surface area contributed by atoms with Gasteiger partial charge in [-0.25, -0.2) is 0 Å². The predicted molar refractivity (Wildman–Crippen MR) is 81.5 cm³/mol. The molecule has 2 fully saturated rings. The summed E-state index contributed by atoms with van der Waals surface area (Å²) in [6.07, 6.45) is 10.5. The van der Waals surface area contributed by atoms with Gasteiger partial charge < -0.3 is 9.80 Å². The van der Waals surface area contributed by atoms with Gasteiger partial charge in [0.2, 0.25) is 11.8 Å². The van der Waals surface area contributed by atoms with E-state index in [1.165, 1.54) is 12.8 Å². The number of hydrogen-bond donors (Lipinski definition) is 0. The topological polar surface area (TPSA) is 40.6 Å². The molecule has 0 radical (unpaired) electrons. The molecule has 1 spiro atoms. The fourth-order valence-corrected chi connectivity index (χ4v) is 4.45. The molecule has 1 atom stereocenters. The van der Waals surface area contributed by atoms with Crippen molar-refractivity contribution in [1.29, 1.82) is 0 Å². The first-order valence-corrected chi connectivity index (χ1v) is 8.18. The van der Waals surface area contributed by atoms with Crippen molar-refractivity contribution in [3.05, 3.63) is 12.2 Å². The van der Waals surface area contributed by atoms with Crippen molar-refractivity contribution in [2.24, 2.45) is 17.3 Å². The molecule has 1 unspecified atom stereocenters. The second-order valence-corrected chi connectivity index (χ2v) is 7.21. The zero-order valence-corrected chi connectivity index (χ0v) is 13.2. The molecule has 2 aliphatic carbocycles. The number of rotatable bonds is 2. The van der Waals surface area contributed by atoms with Crippen LogP contribution in [0.15, 0.2) is 12.2 Å². The van der Waals surface area contributed by atoms with Crippen LogP contribution < -0.4 is 0 Å². The van der Waals surface area contributed by atoms with Gasteiger partial charge in [-0.1, -0.05) is 25.0 Å². The first kappa shape index (κ1) is 14.6. The van der Waals surface area contributed by atoms with Crippen molar-refractivity contribution in [2.45, 2.75) is 38.5 Å². The summed E-state index contributed by atoms with van der Waals surface area (Å²) in [5.74, 6) is 0.599. The molecule has 21 heavy (non-hydrogen) atoms. The average molecular weight is 290 g/mol. The van der Waals surface area contributed by atoms with E-state index in [4.69, 9.17) is 0 Å². The van der Waals surface area contributed by atoms with Crippen LogP contribution in [0.3, 0.4) is 0 Å². The number of nitrogens with zero attached hydrogens (tertiary/aromatic N) is 2. The molecule has 4 nitrogen and oxygen atoms in total. The van der Waals surface area contributed by atoms with Crippen LogP contribution in [-0.2, 0) is 9.59 Å². The Morgan fingerprint density at radius 2 is 1.76 bits per heavy atom. The monoisotopic (exact) mass is 290 g/mol. The predicted octanol–water partition coefficient (Wildman–Crippen LogP) is 2.06. The van der Waals surface area contributed by atoms with Crippen molar-refractivity contribution in [1.82, 2.24) is 9.80 Å². The van der Waals surface area contributed by atoms with Crippen LogP contribution in [0.1, 0.15) is 38.5 Å². The molecule has 0 aromatic rings. The molecule has 3 rings (SSSR count). The zero-order chi connectivity index (χ0) is 15.0. The van der Waals surface area contributed by atoms with E-state index in [2.05, 4.69) is 12.2 Å². The lowest BCUT2D eigenvalue weighted by Gasteiger charge is -2.30. The highest BCUT2D eigenvalue weighted by Crippen LogP contribution is 2.50. The van der Waals surface area contributed by atoms with Crippen molar-refractivity contribution >= 4 is 11.8 Å². The highest BCUT2D eigenvalue weighted by atomic mass is 16.2. The molecule has 0 N–H and O–H groups in total. The molecule has 1 saturated heterocycles. The maximum absolute atomic E-state index is 12.7. The highest BCUT2D eigenvalue weighted by Gasteiger charge is 2.53. The van der Waals surface area contributed by atoms with Gasteiger partial charge in [-0.05, 0) is 25.7 Å². The Hall–Kier alpha value is -1.32. The highest BCUT2D eigenvalue weighted by molar-refractivity contribution is 5.84. The van der Waals surface area contributed by atoms with E-state index in [9.17, 15) is 9.59 Å². The average Bonchev–Trinajstić information content (AvgIpc) is 3.19. The van der Waals surface area contributed by atoms with Gasteiger partial charge in [0.25, 0.3) is 0 Å². The van der Waals surface area contributed by atoms with Crippen molar-refractivity contribution in [3.8, 4) is 0 Å². The second kappa shape index (κ2) is 5.47. The molecule has 2 amide bonds. The fourth-order valence-electron chi connectivity index (χ4n) is 4.45. The molecular formula is C17H26N2O2. The Labute approximate surface area is 127 Å². The summed E-state index contributed by atoms with van der Waals surface area (Å²) in [6, 6.07) is 0. The van der Waals surface area contributed by atoms with Gasteiger partial charge in [0.1, 0.15) is 0 Å². The summed E-state index contributed by atoms with van der Waals surface area (Å²) < 4.78 is 0. The molecular weight excluding hydrogens is 264 g/mol. The SMILES string of the molecule is CN(C)C(=O)C1CN(C(=O)C2CC=CC2)CC12CCCC2. The van der Waals surface area contributed by atoms with Crippen LogP contribution in [0, 0.1) is 17.3 Å². The Morgan fingerprint density at radius 3 is 2.33 bits per heavy atom. The second-order valence-electron chi connectivity index (χ2n) is 7.21. The van der Waals surface area contributed by atoms with Gasteiger partial charge in [0.15, 0.2) is 0 Å². The molecule has 0 bridgehead atoms. The Bertz CT molecular complexity index is 455. The minimum Gasteiger partial charge on any atom is -0.349 e. The van der Waals surface area contributed by atoms with Gasteiger partial charge in [-0.15, -0.1) is 0 Å². The third-order valence-corrected chi connectivity index (χ3v) is 5.65. The summed E-state index contributed by atoms with van der Waals surface area (Å²) in [7, 11) is 3.66. The lowest BCUT2D eigenvalue weighted by atomic mass is 9.76. The number of allylic oxidation sites excluding steroid dienone is 2. The molecule has 0 aromatic carbocycles. The standard InChI is InChI=1S/C17H26N2O2/c1-18(2)16(21)14-11-19(12-17(14)9-5-6-10-17)15(20)13-7-3-4-8-13/h3-4,13-14H,5-12H2,1-2H3. The minimum atomic E-state index is 0.00770. The number of carbonyl (C=O) groups is 2. The van der Waals surface area contributed by atoms with Gasteiger partial charge >= 0.3 is 0 Å². The number of hydrogen-bond acceptors (Lipinski definition) is 2. The van der Waals surface area contributed by atoms with Crippen LogP contribution in [0.4, 0.5) is 0 Å². The first-order chi connectivity index (χ1) is 10.0. The van der Waals surface area contributed by atoms with Crippen molar-refractivity contribution in [3.63, 3.8) is 0 Å². The third kappa shape index (κ3) is 2.49. The first-order valence-electron chi connectivity index (χ1n) is 8.18. The molecule has 3 aliphatic rings. The molecule has 1 aliphatic heterocycles. The zero-order valence-electron chi connectivity index (χ0n) is 13.2. The van der Waals surface area contributed by atoms with Crippen LogP contribution in [0.25, 0.3) is 0 Å². The van der Waals surface area contributed by atoms with Crippen molar-refractivity contribution in [2.75, 3.05) is 27.2 Å². The maximum atomic E-state index is 12.7. The summed E-state index contributed by atoms with van der Waals surface area (Å²) in [4.78, 5) is 29.0. The maximum Gasteiger partial charge on any atom is 0.227 e. The van der Waals surface area contributed by atoms with E-state index in [0.717, 1.165) is 32.2 Å². The van der Waals surface area contributed by atoms with E-state index in [-0.39, 0.29) is 29.1 Å².